The Kier molecular flexibility index (Phi) is 5.71. The zero-order valence-electron chi connectivity index (χ0n) is 19.2. The summed E-state index contributed by atoms with van der Waals surface area (Å²) in [5.41, 5.74) is 2.01. The zero-order valence-corrected chi connectivity index (χ0v) is 19.2. The third kappa shape index (κ3) is 4.28. The molecule has 0 saturated heterocycles. The maximum Gasteiger partial charge on any atom is 0.325 e. The number of carboxylic acids is 1. The topological polar surface area (TPSA) is 126 Å². The second-order valence-electron chi connectivity index (χ2n) is 8.80. The summed E-state index contributed by atoms with van der Waals surface area (Å²) in [5.74, 6) is -2.33. The third-order valence-electron chi connectivity index (χ3n) is 6.31. The van der Waals surface area contributed by atoms with Crippen LogP contribution in [0.15, 0.2) is 67.1 Å². The van der Waals surface area contributed by atoms with Crippen LogP contribution in [0.1, 0.15) is 46.0 Å². The van der Waals surface area contributed by atoms with Crippen LogP contribution in [0.3, 0.4) is 0 Å². The highest BCUT2D eigenvalue weighted by Crippen LogP contribution is 2.46. The fraction of sp³-hybridized carbons (Fsp3) is 0.192. The highest BCUT2D eigenvalue weighted by Gasteiger charge is 2.46. The first kappa shape index (κ1) is 23.2. The molecular formula is C26H22FN5O4. The van der Waals surface area contributed by atoms with Crippen molar-refractivity contribution in [3.8, 4) is 5.69 Å². The van der Waals surface area contributed by atoms with E-state index in [0.717, 1.165) is 5.56 Å². The third-order valence-corrected chi connectivity index (χ3v) is 6.31. The molecule has 5 rings (SSSR count). The van der Waals surface area contributed by atoms with E-state index in [1.807, 2.05) is 6.07 Å². The lowest BCUT2D eigenvalue weighted by Crippen LogP contribution is -2.38. The number of halogens is 1. The molecule has 0 radical (unpaired) electrons. The number of nitrogens with zero attached hydrogens (tertiary/aromatic N) is 3. The van der Waals surface area contributed by atoms with Gasteiger partial charge < -0.3 is 15.7 Å². The van der Waals surface area contributed by atoms with Crippen molar-refractivity contribution < 1.29 is 23.9 Å². The zero-order chi connectivity index (χ0) is 25.4. The predicted octanol–water partition coefficient (Wildman–Crippen LogP) is 3.18. The van der Waals surface area contributed by atoms with Gasteiger partial charge >= 0.3 is 5.97 Å². The monoisotopic (exact) mass is 487 g/mol. The summed E-state index contributed by atoms with van der Waals surface area (Å²) in [6, 6.07) is 11.6. The van der Waals surface area contributed by atoms with Gasteiger partial charge in [0.1, 0.15) is 11.9 Å². The molecule has 3 N–H and O–H groups in total. The molecule has 1 aliphatic carbocycles. The fourth-order valence-corrected chi connectivity index (χ4v) is 4.11. The lowest BCUT2D eigenvalue weighted by Gasteiger charge is -2.19. The Morgan fingerprint density at radius 2 is 1.81 bits per heavy atom. The summed E-state index contributed by atoms with van der Waals surface area (Å²) in [4.78, 5) is 41.1. The maximum atomic E-state index is 13.3. The van der Waals surface area contributed by atoms with Crippen molar-refractivity contribution in [2.75, 3.05) is 0 Å². The van der Waals surface area contributed by atoms with Crippen LogP contribution in [0.2, 0.25) is 0 Å². The summed E-state index contributed by atoms with van der Waals surface area (Å²) >= 11 is 0. The lowest BCUT2D eigenvalue weighted by atomic mass is 10.0. The molecule has 1 atom stereocenters. The second-order valence-corrected chi connectivity index (χ2v) is 8.80. The van der Waals surface area contributed by atoms with E-state index in [-0.39, 0.29) is 11.7 Å². The number of rotatable bonds is 7. The van der Waals surface area contributed by atoms with E-state index in [0.29, 0.717) is 40.6 Å². The predicted molar refractivity (Wildman–Crippen MR) is 128 cm³/mol. The molecule has 2 aromatic heterocycles. The molecule has 182 valence electrons. The van der Waals surface area contributed by atoms with Gasteiger partial charge in [0.15, 0.2) is 0 Å². The molecule has 0 aliphatic heterocycles. The van der Waals surface area contributed by atoms with Gasteiger partial charge in [-0.2, -0.15) is 5.10 Å². The summed E-state index contributed by atoms with van der Waals surface area (Å²) < 4.78 is 14.9. The van der Waals surface area contributed by atoms with Crippen molar-refractivity contribution in [1.82, 2.24) is 25.4 Å². The number of nitrogens with one attached hydrogen (secondary N) is 2. The molecule has 36 heavy (non-hydrogen) atoms. The summed E-state index contributed by atoms with van der Waals surface area (Å²) in [7, 11) is 0. The number of hydrogen-bond donors (Lipinski definition) is 3. The first-order chi connectivity index (χ1) is 17.3. The highest BCUT2D eigenvalue weighted by atomic mass is 19.1. The van der Waals surface area contributed by atoms with Crippen LogP contribution in [0, 0.1) is 5.82 Å². The van der Waals surface area contributed by atoms with Crippen molar-refractivity contribution in [2.24, 2.45) is 0 Å². The van der Waals surface area contributed by atoms with Crippen LogP contribution in [0.4, 0.5) is 4.39 Å². The molecule has 2 amide bonds. The normalized spacial score (nSPS) is 14.7. The van der Waals surface area contributed by atoms with Gasteiger partial charge in [0.25, 0.3) is 11.8 Å². The van der Waals surface area contributed by atoms with Gasteiger partial charge in [0.05, 0.1) is 34.7 Å². The van der Waals surface area contributed by atoms with Crippen molar-refractivity contribution in [3.63, 3.8) is 0 Å². The van der Waals surface area contributed by atoms with Crippen LogP contribution >= 0.6 is 0 Å². The van der Waals surface area contributed by atoms with E-state index in [1.165, 1.54) is 25.3 Å². The molecule has 0 bridgehead atoms. The Bertz CT molecular complexity index is 1490. The molecular weight excluding hydrogens is 465 g/mol. The number of pyridine rings is 1. The molecule has 2 heterocycles. The van der Waals surface area contributed by atoms with Crippen LogP contribution in [0.5, 0.6) is 0 Å². The standard InChI is InChI=1S/C26H22FN5O4/c1-15(25(35)36)30-23(33)16-3-2-4-17(11-16)26(9-10-26)31-24(34)21-12-28-14-22-20(21)13-29-32(22)19-7-5-18(27)6-8-19/h2-8,11-15H,9-10H2,1H3,(H,30,33)(H,31,34)(H,35,36)/t15-/m0/s1. The van der Waals surface area contributed by atoms with E-state index in [4.69, 9.17) is 5.11 Å². The van der Waals surface area contributed by atoms with E-state index in [9.17, 15) is 18.8 Å². The minimum Gasteiger partial charge on any atom is -0.480 e. The van der Waals surface area contributed by atoms with Gasteiger partial charge in [-0.05, 0) is 61.7 Å². The Morgan fingerprint density at radius 1 is 1.06 bits per heavy atom. The van der Waals surface area contributed by atoms with Crippen molar-refractivity contribution >= 4 is 28.7 Å². The van der Waals surface area contributed by atoms with Crippen LogP contribution < -0.4 is 10.6 Å². The number of amides is 2. The summed E-state index contributed by atoms with van der Waals surface area (Å²) in [5, 5.41) is 19.5. The molecule has 0 unspecified atom stereocenters. The summed E-state index contributed by atoms with van der Waals surface area (Å²) in [6.45, 7) is 1.39. The Balaban J connectivity index is 1.40. The molecule has 0 spiro atoms. The molecule has 1 aliphatic rings. The van der Waals surface area contributed by atoms with E-state index >= 15 is 0 Å². The number of benzene rings is 2. The van der Waals surface area contributed by atoms with E-state index in [1.54, 1.807) is 47.4 Å². The number of hydrogen-bond acceptors (Lipinski definition) is 5. The number of carboxylic acid groups (broad SMARTS) is 1. The number of aliphatic carboxylic acids is 1. The lowest BCUT2D eigenvalue weighted by molar-refractivity contribution is -0.138. The molecule has 10 heteroatoms. The van der Waals surface area contributed by atoms with Crippen molar-refractivity contribution in [2.45, 2.75) is 31.3 Å². The van der Waals surface area contributed by atoms with Crippen LogP contribution in [0.25, 0.3) is 16.6 Å². The highest BCUT2D eigenvalue weighted by molar-refractivity contribution is 6.06. The van der Waals surface area contributed by atoms with Gasteiger partial charge in [-0.3, -0.25) is 19.4 Å². The van der Waals surface area contributed by atoms with Crippen LogP contribution in [-0.2, 0) is 10.3 Å². The van der Waals surface area contributed by atoms with Gasteiger partial charge in [-0.1, -0.05) is 12.1 Å². The van der Waals surface area contributed by atoms with Gasteiger partial charge in [0.2, 0.25) is 0 Å². The Hall–Kier alpha value is -4.60. The molecule has 9 nitrogen and oxygen atoms in total. The first-order valence-electron chi connectivity index (χ1n) is 11.3. The molecule has 4 aromatic rings. The largest absolute Gasteiger partial charge is 0.480 e. The molecule has 1 fully saturated rings. The Morgan fingerprint density at radius 3 is 2.50 bits per heavy atom. The number of aromatic nitrogens is 3. The average molecular weight is 487 g/mol. The van der Waals surface area contributed by atoms with E-state index in [2.05, 4.69) is 20.7 Å². The number of carbonyl (C=O) groups excluding carboxylic acids is 2. The van der Waals surface area contributed by atoms with Crippen molar-refractivity contribution in [3.05, 3.63) is 89.6 Å². The number of fused-ring (bicyclic) bond motifs is 1. The SMILES string of the molecule is C[C@H](NC(=O)c1cccc(C2(NC(=O)c3cncc4c3cnn4-c3ccc(F)cc3)CC2)c1)C(=O)O. The van der Waals surface area contributed by atoms with Gasteiger partial charge in [-0.15, -0.1) is 0 Å². The number of carbonyl (C=O) groups is 3. The minimum absolute atomic E-state index is 0.311. The smallest absolute Gasteiger partial charge is 0.325 e. The van der Waals surface area contributed by atoms with Gasteiger partial charge in [0, 0.05) is 17.1 Å². The second kappa shape index (κ2) is 8.88. The van der Waals surface area contributed by atoms with Crippen molar-refractivity contribution in [1.29, 1.82) is 0 Å². The molecule has 1 saturated carbocycles. The van der Waals surface area contributed by atoms with E-state index < -0.39 is 23.5 Å². The fourth-order valence-electron chi connectivity index (χ4n) is 4.11. The molecule has 2 aromatic carbocycles. The first-order valence-corrected chi connectivity index (χ1v) is 11.3. The summed E-state index contributed by atoms with van der Waals surface area (Å²) in [6.07, 6.45) is 6.02. The average Bonchev–Trinajstić information content (AvgIpc) is 3.53. The van der Waals surface area contributed by atoms with Gasteiger partial charge in [-0.25, -0.2) is 9.07 Å². The minimum atomic E-state index is -1.13. The maximum absolute atomic E-state index is 13.3. The Labute approximate surface area is 205 Å². The van der Waals surface area contributed by atoms with Crippen LogP contribution in [-0.4, -0.2) is 43.7 Å². The quantitative estimate of drug-likeness (QED) is 0.368.